The number of ether oxygens (including phenoxy) is 1. The number of para-hydroxylation sites is 2. The SMILES string of the molecule is CC[C@H](C)[C@@H](NC(=O)CCc1ccc(OC)cc1)C(=O)Nc1nc2ccccc2[nH]1. The molecule has 0 saturated heterocycles. The van der Waals surface area contributed by atoms with Crippen LogP contribution in [0.4, 0.5) is 5.95 Å². The molecule has 2 amide bonds. The summed E-state index contributed by atoms with van der Waals surface area (Å²) in [6.07, 6.45) is 1.66. The summed E-state index contributed by atoms with van der Waals surface area (Å²) in [7, 11) is 1.62. The number of aromatic nitrogens is 2. The minimum Gasteiger partial charge on any atom is -0.497 e. The number of carbonyl (C=O) groups is 2. The van der Waals surface area contributed by atoms with Gasteiger partial charge in [-0.05, 0) is 42.2 Å². The highest BCUT2D eigenvalue weighted by Gasteiger charge is 2.26. The van der Waals surface area contributed by atoms with Gasteiger partial charge in [0.2, 0.25) is 17.8 Å². The molecular formula is C23H28N4O3. The fourth-order valence-electron chi connectivity index (χ4n) is 3.20. The number of aromatic amines is 1. The molecule has 0 spiro atoms. The summed E-state index contributed by atoms with van der Waals surface area (Å²) < 4.78 is 5.15. The molecule has 7 heteroatoms. The van der Waals surface area contributed by atoms with Gasteiger partial charge >= 0.3 is 0 Å². The number of fused-ring (bicyclic) bond motifs is 1. The maximum Gasteiger partial charge on any atom is 0.249 e. The third kappa shape index (κ3) is 5.37. The minimum absolute atomic E-state index is 0.0145. The second-order valence-electron chi connectivity index (χ2n) is 7.37. The van der Waals surface area contributed by atoms with Crippen LogP contribution >= 0.6 is 0 Å². The van der Waals surface area contributed by atoms with Crippen LogP contribution in [0, 0.1) is 5.92 Å². The zero-order valence-electron chi connectivity index (χ0n) is 17.6. The van der Waals surface area contributed by atoms with Crippen molar-refractivity contribution in [2.45, 2.75) is 39.2 Å². The van der Waals surface area contributed by atoms with Crippen molar-refractivity contribution in [1.82, 2.24) is 15.3 Å². The molecule has 0 fully saturated rings. The van der Waals surface area contributed by atoms with Crippen LogP contribution in [0.1, 0.15) is 32.3 Å². The Morgan fingerprint density at radius 1 is 1.13 bits per heavy atom. The van der Waals surface area contributed by atoms with E-state index in [4.69, 9.17) is 4.74 Å². The first-order chi connectivity index (χ1) is 14.5. The molecule has 0 aliphatic rings. The molecular weight excluding hydrogens is 380 g/mol. The van der Waals surface area contributed by atoms with Gasteiger partial charge in [-0.1, -0.05) is 44.5 Å². The predicted molar refractivity (Wildman–Crippen MR) is 117 cm³/mol. The van der Waals surface area contributed by atoms with Gasteiger partial charge in [-0.2, -0.15) is 0 Å². The van der Waals surface area contributed by atoms with Crippen LogP contribution in [0.2, 0.25) is 0 Å². The molecule has 158 valence electrons. The van der Waals surface area contributed by atoms with Gasteiger partial charge in [0.05, 0.1) is 18.1 Å². The highest BCUT2D eigenvalue weighted by Crippen LogP contribution is 2.16. The van der Waals surface area contributed by atoms with E-state index in [1.54, 1.807) is 7.11 Å². The van der Waals surface area contributed by atoms with Gasteiger partial charge in [-0.25, -0.2) is 4.98 Å². The fraction of sp³-hybridized carbons (Fsp3) is 0.348. The van der Waals surface area contributed by atoms with Gasteiger partial charge in [-0.15, -0.1) is 0 Å². The monoisotopic (exact) mass is 408 g/mol. The number of methoxy groups -OCH3 is 1. The maximum absolute atomic E-state index is 12.9. The van der Waals surface area contributed by atoms with Crippen LogP contribution in [0.3, 0.4) is 0 Å². The summed E-state index contributed by atoms with van der Waals surface area (Å²) in [4.78, 5) is 32.9. The summed E-state index contributed by atoms with van der Waals surface area (Å²) in [5.41, 5.74) is 2.66. The van der Waals surface area contributed by atoms with E-state index in [1.807, 2.05) is 62.4 Å². The van der Waals surface area contributed by atoms with E-state index in [0.717, 1.165) is 28.8 Å². The van der Waals surface area contributed by atoms with Crippen LogP contribution in [-0.2, 0) is 16.0 Å². The number of nitrogens with zero attached hydrogens (tertiary/aromatic N) is 1. The molecule has 3 aromatic rings. The average molecular weight is 409 g/mol. The Labute approximate surface area is 176 Å². The zero-order chi connectivity index (χ0) is 21.5. The van der Waals surface area contributed by atoms with E-state index in [2.05, 4.69) is 20.6 Å². The quantitative estimate of drug-likeness (QED) is 0.503. The van der Waals surface area contributed by atoms with Crippen LogP contribution in [0.25, 0.3) is 11.0 Å². The van der Waals surface area contributed by atoms with Crippen molar-refractivity contribution in [2.24, 2.45) is 5.92 Å². The summed E-state index contributed by atoms with van der Waals surface area (Å²) in [5.74, 6) is 0.709. The number of H-pyrrole nitrogens is 1. The molecule has 0 aliphatic carbocycles. The highest BCUT2D eigenvalue weighted by molar-refractivity contribution is 5.97. The zero-order valence-corrected chi connectivity index (χ0v) is 17.6. The first kappa shape index (κ1) is 21.4. The molecule has 0 unspecified atom stereocenters. The second kappa shape index (κ2) is 9.91. The summed E-state index contributed by atoms with van der Waals surface area (Å²) >= 11 is 0. The van der Waals surface area contributed by atoms with Gasteiger partial charge in [0.15, 0.2) is 0 Å². The van der Waals surface area contributed by atoms with Crippen molar-refractivity contribution in [3.63, 3.8) is 0 Å². The van der Waals surface area contributed by atoms with Crippen LogP contribution in [0.5, 0.6) is 5.75 Å². The largest absolute Gasteiger partial charge is 0.497 e. The highest BCUT2D eigenvalue weighted by atomic mass is 16.5. The number of imidazole rings is 1. The van der Waals surface area contributed by atoms with Crippen LogP contribution in [-0.4, -0.2) is 34.9 Å². The molecule has 3 rings (SSSR count). The molecule has 7 nitrogen and oxygen atoms in total. The second-order valence-corrected chi connectivity index (χ2v) is 7.37. The molecule has 0 saturated carbocycles. The topological polar surface area (TPSA) is 96.1 Å². The van der Waals surface area contributed by atoms with E-state index < -0.39 is 6.04 Å². The maximum atomic E-state index is 12.9. The fourth-order valence-corrected chi connectivity index (χ4v) is 3.20. The number of anilines is 1. The lowest BCUT2D eigenvalue weighted by Gasteiger charge is -2.23. The Morgan fingerprint density at radius 3 is 2.53 bits per heavy atom. The smallest absolute Gasteiger partial charge is 0.249 e. The van der Waals surface area contributed by atoms with Gasteiger partial charge in [0.1, 0.15) is 11.8 Å². The van der Waals surface area contributed by atoms with E-state index >= 15 is 0 Å². The molecule has 0 bridgehead atoms. The molecule has 0 radical (unpaired) electrons. The molecule has 3 N–H and O–H groups in total. The van der Waals surface area contributed by atoms with E-state index in [9.17, 15) is 9.59 Å². The number of rotatable bonds is 9. The van der Waals surface area contributed by atoms with Gasteiger partial charge in [0.25, 0.3) is 0 Å². The number of hydrogen-bond donors (Lipinski definition) is 3. The van der Waals surface area contributed by atoms with Gasteiger partial charge in [-0.3, -0.25) is 14.9 Å². The number of amides is 2. The Morgan fingerprint density at radius 2 is 1.87 bits per heavy atom. The lowest BCUT2D eigenvalue weighted by molar-refractivity contribution is -0.127. The van der Waals surface area contributed by atoms with Crippen LogP contribution < -0.4 is 15.4 Å². The standard InChI is InChI=1S/C23H28N4O3/c1-4-15(2)21(22(29)27-23-24-18-7-5-6-8-19(18)25-23)26-20(28)14-11-16-9-12-17(30-3)13-10-16/h5-10,12-13,15,21H,4,11,14H2,1-3H3,(H,26,28)(H2,24,25,27,29)/t15-,21+/m0/s1. The van der Waals surface area contributed by atoms with Gasteiger partial charge < -0.3 is 15.0 Å². The van der Waals surface area contributed by atoms with E-state index in [-0.39, 0.29) is 17.7 Å². The Kier molecular flexibility index (Phi) is 7.06. The molecule has 1 heterocycles. The number of benzene rings is 2. The first-order valence-corrected chi connectivity index (χ1v) is 10.2. The van der Waals surface area contributed by atoms with Crippen LogP contribution in [0.15, 0.2) is 48.5 Å². The van der Waals surface area contributed by atoms with Crippen molar-refractivity contribution in [3.8, 4) is 5.75 Å². The molecule has 30 heavy (non-hydrogen) atoms. The van der Waals surface area contributed by atoms with Crippen molar-refractivity contribution in [2.75, 3.05) is 12.4 Å². The van der Waals surface area contributed by atoms with Crippen molar-refractivity contribution >= 4 is 28.8 Å². The average Bonchev–Trinajstić information content (AvgIpc) is 3.18. The van der Waals surface area contributed by atoms with E-state index in [0.29, 0.717) is 18.8 Å². The van der Waals surface area contributed by atoms with E-state index in [1.165, 1.54) is 0 Å². The third-order valence-electron chi connectivity index (χ3n) is 5.24. The number of nitrogens with one attached hydrogen (secondary N) is 3. The van der Waals surface area contributed by atoms with Crippen molar-refractivity contribution < 1.29 is 14.3 Å². The lowest BCUT2D eigenvalue weighted by Crippen LogP contribution is -2.47. The minimum atomic E-state index is -0.633. The Bertz CT molecular complexity index is 964. The number of carbonyl (C=O) groups excluding carboxylic acids is 2. The Hall–Kier alpha value is -3.35. The normalized spacial score (nSPS) is 12.9. The molecule has 2 aromatic carbocycles. The first-order valence-electron chi connectivity index (χ1n) is 10.2. The summed E-state index contributed by atoms with van der Waals surface area (Å²) in [6, 6.07) is 14.5. The van der Waals surface area contributed by atoms with Crippen molar-refractivity contribution in [3.05, 3.63) is 54.1 Å². The summed E-state index contributed by atoms with van der Waals surface area (Å²) in [5, 5.41) is 5.70. The third-order valence-corrected chi connectivity index (χ3v) is 5.24. The number of hydrogen-bond acceptors (Lipinski definition) is 4. The summed E-state index contributed by atoms with van der Waals surface area (Å²) in [6.45, 7) is 3.95. The molecule has 2 atom stereocenters. The van der Waals surface area contributed by atoms with Crippen molar-refractivity contribution in [1.29, 1.82) is 0 Å². The molecule has 0 aliphatic heterocycles. The Balaban J connectivity index is 1.60. The lowest BCUT2D eigenvalue weighted by atomic mass is 9.98. The predicted octanol–water partition coefficient (Wildman–Crippen LogP) is 3.67. The number of aryl methyl sites for hydroxylation is 1. The van der Waals surface area contributed by atoms with Gasteiger partial charge in [0, 0.05) is 6.42 Å². The molecule has 1 aromatic heterocycles.